The average molecular weight is 329 g/mol. The minimum absolute atomic E-state index is 0.0964. The number of esters is 2. The number of hydrogen-bond donors (Lipinski definition) is 0. The van der Waals surface area contributed by atoms with Gasteiger partial charge in [0.1, 0.15) is 0 Å². The summed E-state index contributed by atoms with van der Waals surface area (Å²) in [5.74, 6) is 0.402. The zero-order valence-electron chi connectivity index (χ0n) is 13.7. The summed E-state index contributed by atoms with van der Waals surface area (Å²) in [6.45, 7) is 2.09. The van der Waals surface area contributed by atoms with Gasteiger partial charge in [-0.3, -0.25) is 0 Å². The van der Waals surface area contributed by atoms with Gasteiger partial charge in [0.2, 0.25) is 5.88 Å². The second-order valence-electron chi connectivity index (χ2n) is 5.43. The van der Waals surface area contributed by atoms with Crippen LogP contribution in [0.3, 0.4) is 0 Å². The van der Waals surface area contributed by atoms with E-state index in [0.29, 0.717) is 36.7 Å². The van der Waals surface area contributed by atoms with Gasteiger partial charge in [-0.1, -0.05) is 18.2 Å². The maximum absolute atomic E-state index is 12.2. The van der Waals surface area contributed by atoms with Gasteiger partial charge in [0.15, 0.2) is 5.75 Å². The van der Waals surface area contributed by atoms with E-state index in [9.17, 15) is 9.59 Å². The van der Waals surface area contributed by atoms with Crippen LogP contribution in [0, 0.1) is 0 Å². The van der Waals surface area contributed by atoms with Gasteiger partial charge < -0.3 is 19.1 Å². The number of ether oxygens (including phenoxy) is 3. The molecule has 3 rings (SSSR count). The summed E-state index contributed by atoms with van der Waals surface area (Å²) in [5, 5.41) is 0. The highest BCUT2D eigenvalue weighted by Gasteiger charge is 2.39. The molecule has 0 spiro atoms. The maximum atomic E-state index is 12.2. The second kappa shape index (κ2) is 6.78. The van der Waals surface area contributed by atoms with Crippen LogP contribution in [0.25, 0.3) is 0 Å². The van der Waals surface area contributed by atoms with Crippen LogP contribution in [0.2, 0.25) is 0 Å². The molecule has 24 heavy (non-hydrogen) atoms. The van der Waals surface area contributed by atoms with Crippen molar-refractivity contribution in [2.45, 2.75) is 25.8 Å². The van der Waals surface area contributed by atoms with Gasteiger partial charge in [-0.15, -0.1) is 0 Å². The Balaban J connectivity index is 1.99. The standard InChI is InChI=1S/C18H19NO5/c1-3-23-18(21)13-10-8-12(9-11-16(20)22-2)19-14-6-4-5-7-15(14)24-17(13)19/h4-7,9,11-12H,3,8,10H2,1-2H3/b11-9+/t12-/m1/s1. The highest BCUT2D eigenvalue weighted by atomic mass is 16.5. The van der Waals surface area contributed by atoms with E-state index in [1.165, 1.54) is 13.2 Å². The Morgan fingerprint density at radius 1 is 1.38 bits per heavy atom. The smallest absolute Gasteiger partial charge is 0.339 e. The Kier molecular flexibility index (Phi) is 4.55. The molecule has 126 valence electrons. The van der Waals surface area contributed by atoms with Gasteiger partial charge in [-0.25, -0.2) is 9.59 Å². The maximum Gasteiger partial charge on any atom is 0.339 e. The zero-order chi connectivity index (χ0) is 17.1. The van der Waals surface area contributed by atoms with Crippen LogP contribution in [-0.2, 0) is 19.1 Å². The molecule has 0 unspecified atom stereocenters. The van der Waals surface area contributed by atoms with Crippen LogP contribution in [-0.4, -0.2) is 31.7 Å². The largest absolute Gasteiger partial charge is 0.466 e. The number of methoxy groups -OCH3 is 1. The first-order chi connectivity index (χ1) is 11.7. The predicted octanol–water partition coefficient (Wildman–Crippen LogP) is 2.55. The Bertz CT molecular complexity index is 722. The van der Waals surface area contributed by atoms with Crippen LogP contribution in [0.15, 0.2) is 47.9 Å². The first-order valence-corrected chi connectivity index (χ1v) is 7.88. The third-order valence-corrected chi connectivity index (χ3v) is 4.01. The molecule has 0 saturated heterocycles. The van der Waals surface area contributed by atoms with Crippen molar-refractivity contribution in [1.82, 2.24) is 0 Å². The highest BCUT2D eigenvalue weighted by Crippen LogP contribution is 2.45. The van der Waals surface area contributed by atoms with E-state index >= 15 is 0 Å². The summed E-state index contributed by atoms with van der Waals surface area (Å²) in [6, 6.07) is 7.47. The molecule has 0 amide bonds. The Hall–Kier alpha value is -2.76. The van der Waals surface area contributed by atoms with Crippen molar-refractivity contribution in [3.05, 3.63) is 47.9 Å². The van der Waals surface area contributed by atoms with Crippen LogP contribution >= 0.6 is 0 Å². The second-order valence-corrected chi connectivity index (χ2v) is 5.43. The van der Waals surface area contributed by atoms with E-state index in [1.807, 2.05) is 29.2 Å². The number of rotatable bonds is 4. The molecule has 0 aromatic heterocycles. The first-order valence-electron chi connectivity index (χ1n) is 7.88. The lowest BCUT2D eigenvalue weighted by molar-refractivity contribution is -0.139. The van der Waals surface area contributed by atoms with Gasteiger partial charge in [-0.05, 0) is 31.9 Å². The van der Waals surface area contributed by atoms with Crippen molar-refractivity contribution in [1.29, 1.82) is 0 Å². The SMILES string of the molecule is CCOC(=O)C1=C2Oc3ccccc3N2[C@@H](/C=C/C(=O)OC)CC1. The van der Waals surface area contributed by atoms with E-state index in [4.69, 9.17) is 9.47 Å². The number of benzene rings is 1. The van der Waals surface area contributed by atoms with E-state index in [-0.39, 0.29) is 12.0 Å². The zero-order valence-corrected chi connectivity index (χ0v) is 13.7. The normalized spacial score (nSPS) is 18.9. The number of carbonyl (C=O) groups excluding carboxylic acids is 2. The summed E-state index contributed by atoms with van der Waals surface area (Å²) in [4.78, 5) is 25.6. The fraction of sp³-hybridized carbons (Fsp3) is 0.333. The number of nitrogens with zero attached hydrogens (tertiary/aromatic N) is 1. The molecule has 2 aliphatic rings. The van der Waals surface area contributed by atoms with Gasteiger partial charge in [0, 0.05) is 6.08 Å². The lowest BCUT2D eigenvalue weighted by Gasteiger charge is -2.32. The molecule has 0 fully saturated rings. The molecule has 6 nitrogen and oxygen atoms in total. The highest BCUT2D eigenvalue weighted by molar-refractivity contribution is 5.91. The monoisotopic (exact) mass is 329 g/mol. The molecule has 6 heteroatoms. The predicted molar refractivity (Wildman–Crippen MR) is 87.4 cm³/mol. The lowest BCUT2D eigenvalue weighted by atomic mass is 9.98. The van der Waals surface area contributed by atoms with Crippen molar-refractivity contribution < 1.29 is 23.8 Å². The van der Waals surface area contributed by atoms with E-state index in [0.717, 1.165) is 5.69 Å². The first kappa shape index (κ1) is 16.1. The summed E-state index contributed by atoms with van der Waals surface area (Å²) in [5.41, 5.74) is 1.39. The Morgan fingerprint density at radius 3 is 2.92 bits per heavy atom. The molecule has 0 aliphatic carbocycles. The van der Waals surface area contributed by atoms with Crippen molar-refractivity contribution in [3.63, 3.8) is 0 Å². The molecule has 2 heterocycles. The summed E-state index contributed by atoms with van der Waals surface area (Å²) in [7, 11) is 1.34. The molecular formula is C18H19NO5. The quantitative estimate of drug-likeness (QED) is 0.625. The number of carbonyl (C=O) groups is 2. The summed E-state index contributed by atoms with van der Waals surface area (Å²) >= 11 is 0. The van der Waals surface area contributed by atoms with Crippen LogP contribution < -0.4 is 9.64 Å². The van der Waals surface area contributed by atoms with E-state index < -0.39 is 5.97 Å². The van der Waals surface area contributed by atoms with Gasteiger partial charge in [0.05, 0.1) is 31.0 Å². The molecule has 0 radical (unpaired) electrons. The van der Waals surface area contributed by atoms with Crippen molar-refractivity contribution in [2.75, 3.05) is 18.6 Å². The fourth-order valence-electron chi connectivity index (χ4n) is 2.92. The van der Waals surface area contributed by atoms with Crippen LogP contribution in [0.1, 0.15) is 19.8 Å². The topological polar surface area (TPSA) is 65.1 Å². The number of anilines is 1. The third-order valence-electron chi connectivity index (χ3n) is 4.01. The fourth-order valence-corrected chi connectivity index (χ4v) is 2.92. The molecular weight excluding hydrogens is 310 g/mol. The van der Waals surface area contributed by atoms with Gasteiger partial charge in [-0.2, -0.15) is 0 Å². The van der Waals surface area contributed by atoms with Crippen molar-refractivity contribution in [2.24, 2.45) is 0 Å². The molecule has 0 bridgehead atoms. The Morgan fingerprint density at radius 2 is 2.17 bits per heavy atom. The number of hydrogen-bond acceptors (Lipinski definition) is 6. The van der Waals surface area contributed by atoms with Gasteiger partial charge >= 0.3 is 11.9 Å². The number of fused-ring (bicyclic) bond motifs is 3. The molecule has 1 atom stereocenters. The third kappa shape index (κ3) is 2.87. The molecule has 1 aromatic carbocycles. The number of para-hydroxylation sites is 2. The lowest BCUT2D eigenvalue weighted by Crippen LogP contribution is -2.37. The van der Waals surface area contributed by atoms with Crippen LogP contribution in [0.4, 0.5) is 5.69 Å². The van der Waals surface area contributed by atoms with Gasteiger partial charge in [0.25, 0.3) is 0 Å². The minimum atomic E-state index is -0.412. The molecule has 2 aliphatic heterocycles. The van der Waals surface area contributed by atoms with E-state index in [1.54, 1.807) is 13.0 Å². The summed E-state index contributed by atoms with van der Waals surface area (Å²) in [6.07, 6.45) is 4.37. The average Bonchev–Trinajstić information content (AvgIpc) is 2.99. The molecule has 1 aromatic rings. The minimum Gasteiger partial charge on any atom is -0.466 e. The van der Waals surface area contributed by atoms with Crippen molar-refractivity contribution in [3.8, 4) is 5.75 Å². The van der Waals surface area contributed by atoms with Crippen molar-refractivity contribution >= 4 is 17.6 Å². The summed E-state index contributed by atoms with van der Waals surface area (Å²) < 4.78 is 15.7. The van der Waals surface area contributed by atoms with E-state index in [2.05, 4.69) is 4.74 Å². The molecule has 0 saturated carbocycles. The molecule has 0 N–H and O–H groups in total. The van der Waals surface area contributed by atoms with Crippen LogP contribution in [0.5, 0.6) is 5.75 Å². The Labute approximate surface area is 140 Å².